The lowest BCUT2D eigenvalue weighted by atomic mass is 10.0. The van der Waals surface area contributed by atoms with Gasteiger partial charge in [-0.3, -0.25) is 4.79 Å². The van der Waals surface area contributed by atoms with Crippen LogP contribution in [0, 0.1) is 12.8 Å². The van der Waals surface area contributed by atoms with Crippen LogP contribution in [-0.2, 0) is 4.79 Å². The number of nitrogens with one attached hydrogen (secondary N) is 1. The average Bonchev–Trinajstić information content (AvgIpc) is 2.41. The predicted octanol–water partition coefficient (Wildman–Crippen LogP) is 3.82. The fraction of sp³-hybridized carbons (Fsp3) is 0.562. The maximum atomic E-state index is 12.0. The molecule has 0 aromatic heterocycles. The minimum Gasteiger partial charge on any atom is -0.326 e. The van der Waals surface area contributed by atoms with Crippen molar-refractivity contribution in [1.82, 2.24) is 4.90 Å². The smallest absolute Gasteiger partial charge is 0.225 e. The summed E-state index contributed by atoms with van der Waals surface area (Å²) in [5.41, 5.74) is 2.01. The van der Waals surface area contributed by atoms with Gasteiger partial charge in [-0.15, -0.1) is 0 Å². The molecule has 2 rings (SSSR count). The molecule has 0 unspecified atom stereocenters. The first kappa shape index (κ1) is 15.5. The van der Waals surface area contributed by atoms with Crippen molar-refractivity contribution in [3.63, 3.8) is 0 Å². The van der Waals surface area contributed by atoms with E-state index >= 15 is 0 Å². The molecule has 1 aliphatic heterocycles. The van der Waals surface area contributed by atoms with Gasteiger partial charge in [-0.25, -0.2) is 0 Å². The molecule has 1 heterocycles. The molecule has 1 atom stereocenters. The molecule has 0 aliphatic carbocycles. The summed E-state index contributed by atoms with van der Waals surface area (Å²) in [7, 11) is 0. The quantitative estimate of drug-likeness (QED) is 0.905. The number of piperidine rings is 1. The van der Waals surface area contributed by atoms with Gasteiger partial charge < -0.3 is 10.2 Å². The Balaban J connectivity index is 1.78. The van der Waals surface area contributed by atoms with Gasteiger partial charge in [0.15, 0.2) is 0 Å². The van der Waals surface area contributed by atoms with Gasteiger partial charge in [-0.1, -0.05) is 22.9 Å². The van der Waals surface area contributed by atoms with Crippen LogP contribution in [0.15, 0.2) is 22.7 Å². The lowest BCUT2D eigenvalue weighted by molar-refractivity contribution is -0.116. The second-order valence-electron chi connectivity index (χ2n) is 5.81. The van der Waals surface area contributed by atoms with E-state index in [1.807, 2.05) is 25.1 Å². The van der Waals surface area contributed by atoms with Crippen LogP contribution >= 0.6 is 15.9 Å². The second-order valence-corrected chi connectivity index (χ2v) is 6.66. The molecule has 4 heteroatoms. The zero-order chi connectivity index (χ0) is 14.5. The highest BCUT2D eigenvalue weighted by Gasteiger charge is 2.16. The van der Waals surface area contributed by atoms with Gasteiger partial charge in [0.2, 0.25) is 5.91 Å². The summed E-state index contributed by atoms with van der Waals surface area (Å²) in [6.45, 7) is 7.44. The molecule has 1 amide bonds. The van der Waals surface area contributed by atoms with Crippen LogP contribution in [0.2, 0.25) is 0 Å². The van der Waals surface area contributed by atoms with Crippen LogP contribution in [0.3, 0.4) is 0 Å². The number of aryl methyl sites for hydroxylation is 1. The highest BCUT2D eigenvalue weighted by Crippen LogP contribution is 2.20. The lowest BCUT2D eigenvalue weighted by Crippen LogP contribution is -2.36. The molecular weight excluding hydrogens is 316 g/mol. The van der Waals surface area contributed by atoms with Gasteiger partial charge in [-0.05, 0) is 56.0 Å². The summed E-state index contributed by atoms with van der Waals surface area (Å²) in [4.78, 5) is 14.4. The largest absolute Gasteiger partial charge is 0.326 e. The van der Waals surface area contributed by atoms with Crippen LogP contribution < -0.4 is 5.32 Å². The topological polar surface area (TPSA) is 32.3 Å². The zero-order valence-corrected chi connectivity index (χ0v) is 13.9. The van der Waals surface area contributed by atoms with Crippen molar-refractivity contribution in [2.75, 3.05) is 25.0 Å². The number of carbonyl (C=O) groups excluding carboxylic acids is 1. The normalized spacial score (nSPS) is 19.9. The summed E-state index contributed by atoms with van der Waals surface area (Å²) in [5.74, 6) is 0.867. The van der Waals surface area contributed by atoms with Crippen molar-refractivity contribution < 1.29 is 4.79 Å². The zero-order valence-electron chi connectivity index (χ0n) is 12.3. The number of benzene rings is 1. The van der Waals surface area contributed by atoms with Gasteiger partial charge in [0.05, 0.1) is 0 Å². The maximum Gasteiger partial charge on any atom is 0.225 e. The third kappa shape index (κ3) is 4.60. The van der Waals surface area contributed by atoms with Crippen molar-refractivity contribution in [2.45, 2.75) is 33.1 Å². The van der Waals surface area contributed by atoms with Gasteiger partial charge in [0.25, 0.3) is 0 Å². The van der Waals surface area contributed by atoms with Gasteiger partial charge in [0, 0.05) is 29.7 Å². The van der Waals surface area contributed by atoms with Gasteiger partial charge in [-0.2, -0.15) is 0 Å². The number of rotatable bonds is 4. The minimum absolute atomic E-state index is 0.102. The Hall–Kier alpha value is -0.870. The molecule has 0 saturated carbocycles. The molecule has 20 heavy (non-hydrogen) atoms. The number of hydrogen-bond donors (Lipinski definition) is 1. The van der Waals surface area contributed by atoms with Crippen molar-refractivity contribution >= 4 is 27.5 Å². The van der Waals surface area contributed by atoms with Crippen LogP contribution in [-0.4, -0.2) is 30.4 Å². The summed E-state index contributed by atoms with van der Waals surface area (Å²) in [6, 6.07) is 5.89. The van der Waals surface area contributed by atoms with Crippen molar-refractivity contribution in [3.8, 4) is 0 Å². The Labute approximate surface area is 129 Å². The third-order valence-corrected chi connectivity index (χ3v) is 4.73. The van der Waals surface area contributed by atoms with Crippen LogP contribution in [0.5, 0.6) is 0 Å². The van der Waals surface area contributed by atoms with Gasteiger partial charge in [0.1, 0.15) is 0 Å². The van der Waals surface area contributed by atoms with Crippen molar-refractivity contribution in [1.29, 1.82) is 0 Å². The molecule has 110 valence electrons. The van der Waals surface area contributed by atoms with E-state index in [1.54, 1.807) is 0 Å². The van der Waals surface area contributed by atoms with E-state index < -0.39 is 0 Å². The molecule has 0 bridgehead atoms. The first-order valence-corrected chi connectivity index (χ1v) is 8.12. The highest BCUT2D eigenvalue weighted by atomic mass is 79.9. The molecule has 0 radical (unpaired) electrons. The summed E-state index contributed by atoms with van der Waals surface area (Å²) in [6.07, 6.45) is 3.15. The minimum atomic E-state index is 0.102. The second kappa shape index (κ2) is 7.23. The molecule has 1 N–H and O–H groups in total. The summed E-state index contributed by atoms with van der Waals surface area (Å²) >= 11 is 3.46. The molecule has 1 aromatic carbocycles. The van der Waals surface area contributed by atoms with E-state index in [4.69, 9.17) is 0 Å². The first-order valence-electron chi connectivity index (χ1n) is 7.33. The molecule has 1 aromatic rings. The van der Waals surface area contributed by atoms with Gasteiger partial charge >= 0.3 is 0 Å². The molecule has 1 saturated heterocycles. The van der Waals surface area contributed by atoms with Crippen LogP contribution in [0.1, 0.15) is 31.7 Å². The number of halogens is 1. The molecular formula is C16H23BrN2O. The Morgan fingerprint density at radius 2 is 2.30 bits per heavy atom. The number of anilines is 1. The average molecular weight is 339 g/mol. The number of carbonyl (C=O) groups is 1. The van der Waals surface area contributed by atoms with Crippen LogP contribution in [0.4, 0.5) is 5.69 Å². The Kier molecular flexibility index (Phi) is 5.61. The fourth-order valence-electron chi connectivity index (χ4n) is 2.70. The molecule has 1 aliphatic rings. The van der Waals surface area contributed by atoms with E-state index in [-0.39, 0.29) is 5.91 Å². The van der Waals surface area contributed by atoms with E-state index in [1.165, 1.54) is 12.8 Å². The predicted molar refractivity (Wildman–Crippen MR) is 87.0 cm³/mol. The lowest BCUT2D eigenvalue weighted by Gasteiger charge is -2.30. The van der Waals surface area contributed by atoms with E-state index in [0.29, 0.717) is 6.42 Å². The molecule has 0 spiro atoms. The van der Waals surface area contributed by atoms with Crippen LogP contribution in [0.25, 0.3) is 0 Å². The van der Waals surface area contributed by atoms with Crippen molar-refractivity contribution in [3.05, 3.63) is 28.2 Å². The number of hydrogen-bond acceptors (Lipinski definition) is 2. The monoisotopic (exact) mass is 338 g/mol. The van der Waals surface area contributed by atoms with E-state index in [2.05, 4.69) is 33.1 Å². The summed E-state index contributed by atoms with van der Waals surface area (Å²) in [5, 5.41) is 2.97. The Morgan fingerprint density at radius 3 is 3.00 bits per heavy atom. The maximum absolute atomic E-state index is 12.0. The van der Waals surface area contributed by atoms with E-state index in [9.17, 15) is 4.79 Å². The first-order chi connectivity index (χ1) is 9.54. The number of nitrogens with zero attached hydrogens (tertiary/aromatic N) is 1. The fourth-order valence-corrected chi connectivity index (χ4v) is 2.94. The van der Waals surface area contributed by atoms with E-state index in [0.717, 1.165) is 41.3 Å². The highest BCUT2D eigenvalue weighted by molar-refractivity contribution is 9.10. The number of amides is 1. The standard InChI is InChI=1S/C16H23BrN2O/c1-12-4-3-8-19(11-12)9-7-16(20)18-14-5-6-15(17)13(2)10-14/h5-6,10,12H,3-4,7-9,11H2,1-2H3,(H,18,20)/t12-/m0/s1. The Morgan fingerprint density at radius 1 is 1.50 bits per heavy atom. The third-order valence-electron chi connectivity index (χ3n) is 3.84. The summed E-state index contributed by atoms with van der Waals surface area (Å²) < 4.78 is 1.07. The molecule has 3 nitrogen and oxygen atoms in total. The number of likely N-dealkylation sites (tertiary alicyclic amines) is 1. The SMILES string of the molecule is Cc1cc(NC(=O)CCN2CCC[C@H](C)C2)ccc1Br. The molecule has 1 fully saturated rings. The van der Waals surface area contributed by atoms with Crippen molar-refractivity contribution in [2.24, 2.45) is 5.92 Å². The Bertz CT molecular complexity index is 476.